The molecule has 0 aliphatic carbocycles. The zero-order valence-corrected chi connectivity index (χ0v) is 18.1. The third-order valence-electron chi connectivity index (χ3n) is 5.94. The fourth-order valence-corrected chi connectivity index (χ4v) is 4.32. The number of nitrogens with one attached hydrogen (secondary N) is 2. The van der Waals surface area contributed by atoms with Gasteiger partial charge in [-0.05, 0) is 49.9 Å². The van der Waals surface area contributed by atoms with Gasteiger partial charge in [-0.1, -0.05) is 0 Å². The zero-order valence-electron chi connectivity index (χ0n) is 18.1. The summed E-state index contributed by atoms with van der Waals surface area (Å²) in [5.41, 5.74) is 0.988. The maximum Gasteiger partial charge on any atom is 0.256 e. The first-order valence-corrected chi connectivity index (χ1v) is 11.0. The first kappa shape index (κ1) is 22.4. The first-order chi connectivity index (χ1) is 16.0. The summed E-state index contributed by atoms with van der Waals surface area (Å²) in [4.78, 5) is 62.0. The lowest BCUT2D eigenvalue weighted by Crippen LogP contribution is -2.50. The molecule has 2 aromatic rings. The molecule has 0 bridgehead atoms. The largest absolute Gasteiger partial charge is 0.345 e. The quantitative estimate of drug-likeness (QED) is 0.672. The van der Waals surface area contributed by atoms with Gasteiger partial charge in [0.05, 0.1) is 24.0 Å². The van der Waals surface area contributed by atoms with Crippen molar-refractivity contribution < 1.29 is 19.2 Å². The number of rotatable bonds is 6. The molecule has 10 heteroatoms. The van der Waals surface area contributed by atoms with Crippen molar-refractivity contribution in [2.24, 2.45) is 0 Å². The molecule has 2 saturated heterocycles. The average molecular weight is 450 g/mol. The van der Waals surface area contributed by atoms with Gasteiger partial charge in [0.15, 0.2) is 0 Å². The van der Waals surface area contributed by atoms with E-state index in [0.29, 0.717) is 50.0 Å². The second kappa shape index (κ2) is 10.2. The monoisotopic (exact) mass is 450 g/mol. The van der Waals surface area contributed by atoms with E-state index in [1.807, 2.05) is 0 Å². The Morgan fingerprint density at radius 2 is 1.55 bits per heavy atom. The number of likely N-dealkylation sites (tertiary alicyclic amines) is 2. The van der Waals surface area contributed by atoms with Crippen LogP contribution in [0.2, 0.25) is 0 Å². The zero-order chi connectivity index (χ0) is 23.2. The lowest BCUT2D eigenvalue weighted by Gasteiger charge is -2.26. The van der Waals surface area contributed by atoms with Crippen molar-refractivity contribution in [2.45, 2.75) is 37.8 Å². The van der Waals surface area contributed by atoms with Crippen molar-refractivity contribution in [3.63, 3.8) is 0 Å². The molecule has 4 rings (SSSR count). The van der Waals surface area contributed by atoms with Gasteiger partial charge in [-0.15, -0.1) is 0 Å². The number of aromatic nitrogens is 2. The molecule has 2 aromatic heterocycles. The van der Waals surface area contributed by atoms with Gasteiger partial charge in [0.25, 0.3) is 5.91 Å². The van der Waals surface area contributed by atoms with Crippen LogP contribution in [0.1, 0.15) is 36.0 Å². The van der Waals surface area contributed by atoms with Crippen molar-refractivity contribution in [3.05, 3.63) is 54.6 Å². The van der Waals surface area contributed by atoms with Gasteiger partial charge >= 0.3 is 0 Å². The molecule has 2 N–H and O–H groups in total. The molecule has 10 nitrogen and oxygen atoms in total. The third kappa shape index (κ3) is 5.16. The van der Waals surface area contributed by atoms with Gasteiger partial charge in [-0.3, -0.25) is 29.1 Å². The van der Waals surface area contributed by atoms with Gasteiger partial charge < -0.3 is 20.4 Å². The number of carbonyl (C=O) groups is 4. The molecular weight excluding hydrogens is 424 g/mol. The first-order valence-electron chi connectivity index (χ1n) is 11.0. The Labute approximate surface area is 191 Å². The van der Waals surface area contributed by atoms with Crippen LogP contribution in [0.5, 0.6) is 0 Å². The Balaban J connectivity index is 1.32. The minimum absolute atomic E-state index is 0.221. The summed E-state index contributed by atoms with van der Waals surface area (Å²) in [7, 11) is 0. The average Bonchev–Trinajstić information content (AvgIpc) is 3.53. The smallest absolute Gasteiger partial charge is 0.256 e. The van der Waals surface area contributed by atoms with E-state index in [0.717, 1.165) is 0 Å². The molecule has 2 aliphatic rings. The van der Waals surface area contributed by atoms with E-state index < -0.39 is 12.1 Å². The van der Waals surface area contributed by atoms with Crippen LogP contribution in [-0.2, 0) is 14.4 Å². The van der Waals surface area contributed by atoms with E-state index in [2.05, 4.69) is 20.6 Å². The van der Waals surface area contributed by atoms with Crippen LogP contribution in [0.3, 0.4) is 0 Å². The highest BCUT2D eigenvalue weighted by Gasteiger charge is 2.37. The third-order valence-corrected chi connectivity index (χ3v) is 5.94. The molecule has 0 unspecified atom stereocenters. The fraction of sp³-hybridized carbons (Fsp3) is 0.391. The molecule has 2 atom stereocenters. The summed E-state index contributed by atoms with van der Waals surface area (Å²) >= 11 is 0. The number of hydrogen-bond donors (Lipinski definition) is 2. The van der Waals surface area contributed by atoms with Crippen molar-refractivity contribution >= 4 is 29.3 Å². The highest BCUT2D eigenvalue weighted by atomic mass is 16.2. The predicted octanol–water partition coefficient (Wildman–Crippen LogP) is 0.827. The minimum atomic E-state index is -0.631. The maximum atomic E-state index is 12.8. The summed E-state index contributed by atoms with van der Waals surface area (Å²) in [5.74, 6) is -1.22. The molecule has 0 radical (unpaired) electrons. The summed E-state index contributed by atoms with van der Waals surface area (Å²) in [6, 6.07) is 5.56. The van der Waals surface area contributed by atoms with Crippen LogP contribution >= 0.6 is 0 Å². The van der Waals surface area contributed by atoms with Crippen molar-refractivity contribution in [2.75, 3.05) is 25.0 Å². The number of nitrogens with zero attached hydrogens (tertiary/aromatic N) is 4. The topological polar surface area (TPSA) is 125 Å². The standard InChI is InChI=1S/C23H26N6O4/c30-20(28-11-3-8-19(28)22(32)27-17-6-2-10-25-14-17)15-26-21(31)18-7-4-12-29(18)23(33)16-5-1-9-24-13-16/h1-2,5-6,9-10,13-14,18-19H,3-4,7-8,11-12,15H2,(H,26,31)(H,27,32)/t18-,19-/m0/s1. The molecule has 0 aromatic carbocycles. The second-order valence-corrected chi connectivity index (χ2v) is 8.09. The molecule has 0 spiro atoms. The Bertz CT molecular complexity index is 1020. The summed E-state index contributed by atoms with van der Waals surface area (Å²) in [5, 5.41) is 5.45. The normalized spacial score (nSPS) is 19.9. The van der Waals surface area contributed by atoms with Gasteiger partial charge in [-0.2, -0.15) is 0 Å². The minimum Gasteiger partial charge on any atom is -0.345 e. The van der Waals surface area contributed by atoms with Crippen LogP contribution < -0.4 is 10.6 Å². The number of pyridine rings is 2. The lowest BCUT2D eigenvalue weighted by atomic mass is 10.2. The molecule has 0 saturated carbocycles. The van der Waals surface area contributed by atoms with Gasteiger partial charge in [0.1, 0.15) is 12.1 Å². The summed E-state index contributed by atoms with van der Waals surface area (Å²) in [6.45, 7) is 0.707. The highest BCUT2D eigenvalue weighted by Crippen LogP contribution is 2.21. The van der Waals surface area contributed by atoms with Crippen LogP contribution in [0.25, 0.3) is 0 Å². The van der Waals surface area contributed by atoms with E-state index in [1.165, 1.54) is 16.0 Å². The SMILES string of the molecule is O=C(Nc1cccnc1)[C@@H]1CCCN1C(=O)CNC(=O)[C@@H]1CCCN1C(=O)c1cccnc1. The summed E-state index contributed by atoms with van der Waals surface area (Å²) < 4.78 is 0. The van der Waals surface area contributed by atoms with Crippen LogP contribution in [0, 0.1) is 0 Å². The number of amides is 4. The summed E-state index contributed by atoms with van der Waals surface area (Å²) in [6.07, 6.45) is 8.72. The Hall–Kier alpha value is -3.82. The van der Waals surface area contributed by atoms with E-state index in [-0.39, 0.29) is 30.2 Å². The van der Waals surface area contributed by atoms with E-state index >= 15 is 0 Å². The molecule has 4 heterocycles. The molecule has 33 heavy (non-hydrogen) atoms. The Morgan fingerprint density at radius 3 is 2.21 bits per heavy atom. The van der Waals surface area contributed by atoms with E-state index in [4.69, 9.17) is 0 Å². The fourth-order valence-electron chi connectivity index (χ4n) is 4.32. The van der Waals surface area contributed by atoms with Gasteiger partial charge in [-0.25, -0.2) is 0 Å². The molecule has 2 fully saturated rings. The molecule has 4 amide bonds. The van der Waals surface area contributed by atoms with Gasteiger partial charge in [0, 0.05) is 31.7 Å². The predicted molar refractivity (Wildman–Crippen MR) is 119 cm³/mol. The van der Waals surface area contributed by atoms with E-state index in [1.54, 1.807) is 42.9 Å². The number of carbonyl (C=O) groups excluding carboxylic acids is 4. The van der Waals surface area contributed by atoms with Crippen molar-refractivity contribution in [1.82, 2.24) is 25.1 Å². The lowest BCUT2D eigenvalue weighted by molar-refractivity contribution is -0.137. The van der Waals surface area contributed by atoms with Crippen LogP contribution in [0.4, 0.5) is 5.69 Å². The molecular formula is C23H26N6O4. The van der Waals surface area contributed by atoms with Crippen LogP contribution in [-0.4, -0.2) is 75.1 Å². The Morgan fingerprint density at radius 1 is 0.879 bits per heavy atom. The Kier molecular flexibility index (Phi) is 6.92. The number of hydrogen-bond acceptors (Lipinski definition) is 6. The maximum absolute atomic E-state index is 12.8. The number of anilines is 1. The van der Waals surface area contributed by atoms with E-state index in [9.17, 15) is 19.2 Å². The van der Waals surface area contributed by atoms with Crippen molar-refractivity contribution in [3.8, 4) is 0 Å². The molecule has 172 valence electrons. The second-order valence-electron chi connectivity index (χ2n) is 8.09. The molecule has 2 aliphatic heterocycles. The van der Waals surface area contributed by atoms with Gasteiger partial charge in [0.2, 0.25) is 17.7 Å². The van der Waals surface area contributed by atoms with Crippen LogP contribution in [0.15, 0.2) is 49.1 Å². The van der Waals surface area contributed by atoms with Crippen molar-refractivity contribution in [1.29, 1.82) is 0 Å². The highest BCUT2D eigenvalue weighted by molar-refractivity contribution is 5.99.